The van der Waals surface area contributed by atoms with E-state index in [2.05, 4.69) is 10.1 Å². The molecule has 0 aliphatic carbocycles. The average Bonchev–Trinajstić information content (AvgIpc) is 2.14. The average molecular weight is 180 g/mol. The Morgan fingerprint density at radius 3 is 2.69 bits per heavy atom. The summed E-state index contributed by atoms with van der Waals surface area (Å²) in [6, 6.07) is 9.82. The largest absolute Gasteiger partial charge is 0.434 e. The summed E-state index contributed by atoms with van der Waals surface area (Å²) in [5.74, 6) is 0. The Kier molecular flexibility index (Phi) is 3.78. The summed E-state index contributed by atoms with van der Waals surface area (Å²) < 4.78 is 4.49. The minimum Gasteiger partial charge on any atom is -0.434 e. The van der Waals surface area contributed by atoms with Gasteiger partial charge in [-0.2, -0.15) is 0 Å². The molecule has 0 fully saturated rings. The highest BCUT2D eigenvalue weighted by Crippen LogP contribution is 1.96. The molecule has 0 radical (unpaired) electrons. The Balaban J connectivity index is 2.17. The van der Waals surface area contributed by atoms with E-state index in [0.29, 0.717) is 6.54 Å². The van der Waals surface area contributed by atoms with Gasteiger partial charge in [-0.15, -0.1) is 0 Å². The van der Waals surface area contributed by atoms with Crippen molar-refractivity contribution in [1.29, 1.82) is 0 Å². The molecule has 0 bridgehead atoms. The monoisotopic (exact) mass is 180 g/mol. The van der Waals surface area contributed by atoms with Gasteiger partial charge in [0.15, 0.2) is 0 Å². The molecule has 1 amide bonds. The van der Waals surface area contributed by atoms with E-state index in [4.69, 9.17) is 5.73 Å². The number of hydrogen-bond acceptors (Lipinski definition) is 3. The highest BCUT2D eigenvalue weighted by Gasteiger charge is 1.92. The van der Waals surface area contributed by atoms with Crippen LogP contribution >= 0.6 is 0 Å². The lowest BCUT2D eigenvalue weighted by molar-refractivity contribution is 0.146. The lowest BCUT2D eigenvalue weighted by Crippen LogP contribution is -2.23. The predicted octanol–water partition coefficient (Wildman–Crippen LogP) is 0.829. The Morgan fingerprint density at radius 1 is 1.38 bits per heavy atom. The fourth-order valence-corrected chi connectivity index (χ4v) is 0.913. The normalized spacial score (nSPS) is 9.54. The van der Waals surface area contributed by atoms with E-state index in [1.165, 1.54) is 0 Å². The van der Waals surface area contributed by atoms with Crippen LogP contribution in [0, 0.1) is 0 Å². The summed E-state index contributed by atoms with van der Waals surface area (Å²) >= 11 is 0. The zero-order chi connectivity index (χ0) is 9.52. The second-order valence-electron chi connectivity index (χ2n) is 2.52. The van der Waals surface area contributed by atoms with Crippen LogP contribution in [0.2, 0.25) is 0 Å². The summed E-state index contributed by atoms with van der Waals surface area (Å²) in [5.41, 5.74) is 5.91. The number of carbonyl (C=O) groups is 1. The summed E-state index contributed by atoms with van der Waals surface area (Å²) in [6.07, 6.45) is -0.763. The van der Waals surface area contributed by atoms with Crippen molar-refractivity contribution in [2.45, 2.75) is 6.54 Å². The number of primary amides is 1. The van der Waals surface area contributed by atoms with Crippen LogP contribution < -0.4 is 11.1 Å². The number of ether oxygens (including phenoxy) is 1. The van der Waals surface area contributed by atoms with E-state index in [-0.39, 0.29) is 6.73 Å². The van der Waals surface area contributed by atoms with E-state index in [1.54, 1.807) is 0 Å². The topological polar surface area (TPSA) is 64.4 Å². The number of rotatable bonds is 4. The van der Waals surface area contributed by atoms with Gasteiger partial charge < -0.3 is 10.5 Å². The minimum absolute atomic E-state index is 0.143. The van der Waals surface area contributed by atoms with Gasteiger partial charge in [0, 0.05) is 6.54 Å². The van der Waals surface area contributed by atoms with Gasteiger partial charge in [-0.25, -0.2) is 4.79 Å². The molecule has 0 atom stereocenters. The Labute approximate surface area is 76.7 Å². The molecule has 70 valence electrons. The molecule has 0 aliphatic rings. The second kappa shape index (κ2) is 5.16. The third kappa shape index (κ3) is 4.12. The van der Waals surface area contributed by atoms with Gasteiger partial charge in [0.25, 0.3) is 0 Å². The van der Waals surface area contributed by atoms with E-state index in [1.807, 2.05) is 30.3 Å². The summed E-state index contributed by atoms with van der Waals surface area (Å²) in [7, 11) is 0. The van der Waals surface area contributed by atoms with Crippen LogP contribution in [0.4, 0.5) is 4.79 Å². The van der Waals surface area contributed by atoms with Gasteiger partial charge in [0.1, 0.15) is 6.73 Å². The summed E-state index contributed by atoms with van der Waals surface area (Å²) in [6.45, 7) is 0.804. The van der Waals surface area contributed by atoms with Crippen molar-refractivity contribution in [3.8, 4) is 0 Å². The highest BCUT2D eigenvalue weighted by molar-refractivity contribution is 5.64. The smallest absolute Gasteiger partial charge is 0.405 e. The SMILES string of the molecule is NC(=O)OCNCc1ccccc1. The van der Waals surface area contributed by atoms with E-state index >= 15 is 0 Å². The van der Waals surface area contributed by atoms with Crippen LogP contribution in [0.25, 0.3) is 0 Å². The quantitative estimate of drug-likeness (QED) is 0.532. The van der Waals surface area contributed by atoms with E-state index in [9.17, 15) is 4.79 Å². The fourth-order valence-electron chi connectivity index (χ4n) is 0.913. The van der Waals surface area contributed by atoms with Crippen molar-refractivity contribution in [3.05, 3.63) is 35.9 Å². The van der Waals surface area contributed by atoms with Crippen LogP contribution in [-0.4, -0.2) is 12.8 Å². The maximum absolute atomic E-state index is 10.2. The molecule has 0 spiro atoms. The molecule has 4 nitrogen and oxygen atoms in total. The van der Waals surface area contributed by atoms with E-state index in [0.717, 1.165) is 5.56 Å². The number of amides is 1. The third-order valence-corrected chi connectivity index (χ3v) is 1.49. The fraction of sp³-hybridized carbons (Fsp3) is 0.222. The lowest BCUT2D eigenvalue weighted by Gasteiger charge is -2.03. The van der Waals surface area contributed by atoms with Crippen molar-refractivity contribution in [1.82, 2.24) is 5.32 Å². The van der Waals surface area contributed by atoms with Crippen LogP contribution in [0.5, 0.6) is 0 Å². The molecule has 1 aromatic carbocycles. The van der Waals surface area contributed by atoms with Gasteiger partial charge >= 0.3 is 6.09 Å². The number of hydrogen-bond donors (Lipinski definition) is 2. The maximum atomic E-state index is 10.2. The lowest BCUT2D eigenvalue weighted by atomic mass is 10.2. The standard InChI is InChI=1S/C9H12N2O2/c10-9(12)13-7-11-6-8-4-2-1-3-5-8/h1-5,11H,6-7H2,(H2,10,12). The zero-order valence-corrected chi connectivity index (χ0v) is 7.19. The molecule has 4 heteroatoms. The number of carbonyl (C=O) groups excluding carboxylic acids is 1. The minimum atomic E-state index is -0.763. The molecule has 1 aromatic rings. The van der Waals surface area contributed by atoms with Crippen molar-refractivity contribution >= 4 is 6.09 Å². The first-order valence-electron chi connectivity index (χ1n) is 3.96. The van der Waals surface area contributed by atoms with Crippen LogP contribution in [0.3, 0.4) is 0 Å². The number of benzene rings is 1. The maximum Gasteiger partial charge on any atom is 0.405 e. The number of nitrogens with one attached hydrogen (secondary N) is 1. The molecule has 3 N–H and O–H groups in total. The Morgan fingerprint density at radius 2 is 2.08 bits per heavy atom. The van der Waals surface area contributed by atoms with Gasteiger partial charge in [-0.3, -0.25) is 5.32 Å². The Bertz CT molecular complexity index is 262. The van der Waals surface area contributed by atoms with Gasteiger partial charge in [0.2, 0.25) is 0 Å². The van der Waals surface area contributed by atoms with Crippen molar-refractivity contribution in [2.75, 3.05) is 6.73 Å². The van der Waals surface area contributed by atoms with Crippen molar-refractivity contribution < 1.29 is 9.53 Å². The molecule has 0 saturated heterocycles. The molecular formula is C9H12N2O2. The zero-order valence-electron chi connectivity index (χ0n) is 7.19. The first-order chi connectivity index (χ1) is 6.29. The second-order valence-corrected chi connectivity index (χ2v) is 2.52. The molecule has 0 aromatic heterocycles. The molecular weight excluding hydrogens is 168 g/mol. The van der Waals surface area contributed by atoms with E-state index < -0.39 is 6.09 Å². The highest BCUT2D eigenvalue weighted by atomic mass is 16.6. The first kappa shape index (κ1) is 9.54. The Hall–Kier alpha value is -1.55. The molecule has 13 heavy (non-hydrogen) atoms. The number of nitrogens with two attached hydrogens (primary N) is 1. The molecule has 0 heterocycles. The van der Waals surface area contributed by atoms with Crippen molar-refractivity contribution in [2.24, 2.45) is 5.73 Å². The molecule has 0 aliphatic heterocycles. The molecule has 0 saturated carbocycles. The summed E-state index contributed by atoms with van der Waals surface area (Å²) in [5, 5.41) is 2.91. The van der Waals surface area contributed by atoms with Gasteiger partial charge in [-0.05, 0) is 5.56 Å². The van der Waals surface area contributed by atoms with Gasteiger partial charge in [-0.1, -0.05) is 30.3 Å². The molecule has 1 rings (SSSR count). The van der Waals surface area contributed by atoms with Crippen LogP contribution in [0.1, 0.15) is 5.56 Å². The van der Waals surface area contributed by atoms with Crippen LogP contribution in [-0.2, 0) is 11.3 Å². The molecule has 0 unspecified atom stereocenters. The predicted molar refractivity (Wildman–Crippen MR) is 48.8 cm³/mol. The van der Waals surface area contributed by atoms with Crippen molar-refractivity contribution in [3.63, 3.8) is 0 Å². The van der Waals surface area contributed by atoms with Gasteiger partial charge in [0.05, 0.1) is 0 Å². The van der Waals surface area contributed by atoms with Crippen LogP contribution in [0.15, 0.2) is 30.3 Å². The first-order valence-corrected chi connectivity index (χ1v) is 3.96. The summed E-state index contributed by atoms with van der Waals surface area (Å²) in [4.78, 5) is 10.2. The third-order valence-electron chi connectivity index (χ3n) is 1.49.